The molecule has 0 fully saturated rings. The summed E-state index contributed by atoms with van der Waals surface area (Å²) >= 11 is 0. The third kappa shape index (κ3) is 5.64. The number of nitrogens with two attached hydrogens (primary N) is 1. The number of aliphatic imine (C=N–C) groups is 1. The first-order chi connectivity index (χ1) is 11.3. The summed E-state index contributed by atoms with van der Waals surface area (Å²) < 4.78 is 0. The van der Waals surface area contributed by atoms with Crippen LogP contribution >= 0.6 is 0 Å². The molecule has 0 saturated carbocycles. The van der Waals surface area contributed by atoms with E-state index in [1.807, 2.05) is 25.3 Å². The van der Waals surface area contributed by atoms with Crippen LogP contribution < -0.4 is 11.1 Å². The fourth-order valence-electron chi connectivity index (χ4n) is 2.88. The number of hydrogen-bond acceptors (Lipinski definition) is 3. The van der Waals surface area contributed by atoms with Crippen molar-refractivity contribution >= 4 is 6.21 Å². The molecule has 3 heteroatoms. The zero-order chi connectivity index (χ0) is 18.2. The van der Waals surface area contributed by atoms with Gasteiger partial charge in [0.05, 0.1) is 5.70 Å². The van der Waals surface area contributed by atoms with E-state index in [2.05, 4.69) is 56.0 Å². The molecule has 0 aromatic rings. The monoisotopic (exact) mass is 327 g/mol. The molecule has 0 saturated heterocycles. The zero-order valence-electron chi connectivity index (χ0n) is 15.5. The fourth-order valence-corrected chi connectivity index (χ4v) is 2.88. The van der Waals surface area contributed by atoms with Gasteiger partial charge in [0.25, 0.3) is 0 Å². The van der Waals surface area contributed by atoms with Crippen LogP contribution in [-0.2, 0) is 0 Å². The van der Waals surface area contributed by atoms with Gasteiger partial charge in [-0.15, -0.1) is 6.58 Å². The highest BCUT2D eigenvalue weighted by Crippen LogP contribution is 2.26. The van der Waals surface area contributed by atoms with E-state index in [1.165, 1.54) is 12.8 Å². The number of hydrogen-bond donors (Lipinski definition) is 2. The minimum Gasteiger partial charge on any atom is -0.381 e. The molecule has 3 nitrogen and oxygen atoms in total. The Morgan fingerprint density at radius 3 is 2.83 bits per heavy atom. The first-order valence-electron chi connectivity index (χ1n) is 8.78. The van der Waals surface area contributed by atoms with Crippen LogP contribution in [0.1, 0.15) is 46.5 Å². The van der Waals surface area contributed by atoms with Gasteiger partial charge in [-0.1, -0.05) is 56.7 Å². The van der Waals surface area contributed by atoms with E-state index in [0.717, 1.165) is 24.1 Å². The van der Waals surface area contributed by atoms with Crippen LogP contribution in [0.4, 0.5) is 0 Å². The van der Waals surface area contributed by atoms with Gasteiger partial charge in [0.15, 0.2) is 0 Å². The Bertz CT molecular complexity index is 553. The molecule has 1 heterocycles. The Labute approximate surface area is 147 Å². The molecule has 0 amide bonds. The van der Waals surface area contributed by atoms with Gasteiger partial charge in [-0.25, -0.2) is 0 Å². The average Bonchev–Trinajstić information content (AvgIpc) is 2.52. The summed E-state index contributed by atoms with van der Waals surface area (Å²) in [5.74, 6) is 0.580. The minimum absolute atomic E-state index is 0.169. The topological polar surface area (TPSA) is 50.4 Å². The highest BCUT2D eigenvalue weighted by Gasteiger charge is 2.31. The molecule has 0 bridgehead atoms. The molecule has 3 unspecified atom stereocenters. The first kappa shape index (κ1) is 20.2. The predicted octanol–water partition coefficient (Wildman–Crippen LogP) is 4.66. The largest absolute Gasteiger partial charge is 0.381 e. The van der Waals surface area contributed by atoms with Crippen LogP contribution in [0.15, 0.2) is 66.0 Å². The smallest absolute Gasteiger partial charge is 0.116 e. The Kier molecular flexibility index (Phi) is 7.93. The fraction of sp³-hybridized carbons (Fsp3) is 0.476. The third-order valence-electron chi connectivity index (χ3n) is 4.36. The standard InChI is InChI=1S/C21H33N3/c1-7-9-20(10-8-2)13-14-23-18(5)21(22)15-16(3)11-12-17(4)24-19(21)6/h7,11-12,14-15,17,20,24H,1,5-6,8-10,13,22H2,2-4H3/b12-11-,16-15-,23-14-. The molecule has 3 atom stereocenters. The van der Waals surface area contributed by atoms with Gasteiger partial charge in [0.1, 0.15) is 5.54 Å². The van der Waals surface area contributed by atoms with Gasteiger partial charge in [0.2, 0.25) is 0 Å². The molecule has 0 aromatic carbocycles. The molecule has 1 aliphatic heterocycles. The summed E-state index contributed by atoms with van der Waals surface area (Å²) in [6.45, 7) is 18.4. The number of rotatable bonds is 8. The van der Waals surface area contributed by atoms with E-state index in [-0.39, 0.29) is 6.04 Å². The third-order valence-corrected chi connectivity index (χ3v) is 4.36. The second-order valence-corrected chi connectivity index (χ2v) is 6.70. The maximum Gasteiger partial charge on any atom is 0.116 e. The van der Waals surface area contributed by atoms with Crippen LogP contribution in [0.25, 0.3) is 0 Å². The summed E-state index contributed by atoms with van der Waals surface area (Å²) in [6.07, 6.45) is 14.3. The molecule has 0 radical (unpaired) electrons. The van der Waals surface area contributed by atoms with E-state index in [1.54, 1.807) is 0 Å². The van der Waals surface area contributed by atoms with E-state index in [0.29, 0.717) is 11.6 Å². The zero-order valence-corrected chi connectivity index (χ0v) is 15.5. The Hall–Kier alpha value is -1.87. The van der Waals surface area contributed by atoms with Gasteiger partial charge < -0.3 is 11.1 Å². The van der Waals surface area contributed by atoms with E-state index < -0.39 is 5.54 Å². The molecule has 24 heavy (non-hydrogen) atoms. The van der Waals surface area contributed by atoms with E-state index in [4.69, 9.17) is 5.73 Å². The molecular formula is C21H33N3. The molecule has 1 aliphatic rings. The molecular weight excluding hydrogens is 294 g/mol. The van der Waals surface area contributed by atoms with E-state index in [9.17, 15) is 0 Å². The maximum atomic E-state index is 6.60. The van der Waals surface area contributed by atoms with Crippen molar-refractivity contribution in [3.8, 4) is 0 Å². The second kappa shape index (κ2) is 9.43. The van der Waals surface area contributed by atoms with Crippen LogP contribution in [0, 0.1) is 5.92 Å². The van der Waals surface area contributed by atoms with Crippen molar-refractivity contribution in [1.29, 1.82) is 0 Å². The number of nitrogens with one attached hydrogen (secondary N) is 1. The molecule has 3 N–H and O–H groups in total. The van der Waals surface area contributed by atoms with Crippen molar-refractivity contribution < 1.29 is 0 Å². The lowest BCUT2D eigenvalue weighted by Crippen LogP contribution is -2.48. The maximum absolute atomic E-state index is 6.60. The van der Waals surface area contributed by atoms with Crippen LogP contribution in [0.2, 0.25) is 0 Å². The molecule has 132 valence electrons. The van der Waals surface area contributed by atoms with Crippen molar-refractivity contribution in [1.82, 2.24) is 5.32 Å². The van der Waals surface area contributed by atoms with Gasteiger partial charge in [-0.05, 0) is 38.7 Å². The molecule has 0 aliphatic carbocycles. The van der Waals surface area contributed by atoms with Crippen molar-refractivity contribution in [2.24, 2.45) is 16.6 Å². The van der Waals surface area contributed by atoms with Crippen LogP contribution in [0.5, 0.6) is 0 Å². The number of allylic oxidation sites excluding steroid dienone is 3. The molecule has 0 aromatic heterocycles. The van der Waals surface area contributed by atoms with Crippen molar-refractivity contribution in [3.63, 3.8) is 0 Å². The molecule has 0 spiro atoms. The number of nitrogens with zero attached hydrogens (tertiary/aromatic N) is 1. The lowest BCUT2D eigenvalue weighted by atomic mass is 9.89. The Morgan fingerprint density at radius 2 is 2.21 bits per heavy atom. The Balaban J connectivity index is 2.89. The Morgan fingerprint density at radius 1 is 1.50 bits per heavy atom. The quantitative estimate of drug-likeness (QED) is 0.503. The summed E-state index contributed by atoms with van der Waals surface area (Å²) in [5.41, 5.74) is 8.13. The van der Waals surface area contributed by atoms with Gasteiger partial charge >= 0.3 is 0 Å². The predicted molar refractivity (Wildman–Crippen MR) is 107 cm³/mol. The summed E-state index contributed by atoms with van der Waals surface area (Å²) in [7, 11) is 0. The normalized spacial score (nSPS) is 29.1. The van der Waals surface area contributed by atoms with Crippen LogP contribution in [-0.4, -0.2) is 17.8 Å². The average molecular weight is 328 g/mol. The SMILES string of the molecule is C=CCC(C/C=N\C(=C)C1(N)/C=C(C)\C=C/C(C)NC1=C)CCC. The van der Waals surface area contributed by atoms with Crippen LogP contribution in [0.3, 0.4) is 0 Å². The lowest BCUT2D eigenvalue weighted by molar-refractivity contribution is 0.506. The van der Waals surface area contributed by atoms with Gasteiger partial charge in [0, 0.05) is 18.0 Å². The summed E-state index contributed by atoms with van der Waals surface area (Å²) in [4.78, 5) is 4.56. The summed E-state index contributed by atoms with van der Waals surface area (Å²) in [6, 6.07) is 0.169. The first-order valence-corrected chi connectivity index (χ1v) is 8.78. The minimum atomic E-state index is -0.877. The van der Waals surface area contributed by atoms with E-state index >= 15 is 0 Å². The van der Waals surface area contributed by atoms with Gasteiger partial charge in [-0.3, -0.25) is 4.99 Å². The summed E-state index contributed by atoms with van der Waals surface area (Å²) in [5, 5.41) is 3.31. The highest BCUT2D eigenvalue weighted by molar-refractivity contribution is 5.61. The highest BCUT2D eigenvalue weighted by atomic mass is 15.0. The van der Waals surface area contributed by atoms with Crippen molar-refractivity contribution in [2.45, 2.75) is 58.0 Å². The van der Waals surface area contributed by atoms with Crippen molar-refractivity contribution in [3.05, 3.63) is 61.0 Å². The van der Waals surface area contributed by atoms with Gasteiger partial charge in [-0.2, -0.15) is 0 Å². The second-order valence-electron chi connectivity index (χ2n) is 6.70. The lowest BCUT2D eigenvalue weighted by Gasteiger charge is -2.32. The van der Waals surface area contributed by atoms with Crippen molar-refractivity contribution in [2.75, 3.05) is 0 Å². The molecule has 1 rings (SSSR count).